The molecule has 4 atom stereocenters. The van der Waals surface area contributed by atoms with E-state index >= 15 is 4.39 Å². The van der Waals surface area contributed by atoms with Crippen LogP contribution >= 0.6 is 0 Å². The predicted molar refractivity (Wildman–Crippen MR) is 138 cm³/mol. The summed E-state index contributed by atoms with van der Waals surface area (Å²) in [4.78, 5) is 12.6. The fourth-order valence-electron chi connectivity index (χ4n) is 5.99. The lowest BCUT2D eigenvalue weighted by Crippen LogP contribution is -2.30. The maximum absolute atomic E-state index is 15.1. The number of hydrogen-bond donors (Lipinski definition) is 0. The lowest BCUT2D eigenvalue weighted by molar-refractivity contribution is 0.0733. The lowest BCUT2D eigenvalue weighted by atomic mass is 9.63. The Bertz CT molecular complexity index is 1090. The fourth-order valence-corrected chi connectivity index (χ4v) is 5.99. The number of allylic oxidation sites excluding steroid dienone is 2. The van der Waals surface area contributed by atoms with Crippen molar-refractivity contribution >= 4 is 5.97 Å². The van der Waals surface area contributed by atoms with Gasteiger partial charge in [0.15, 0.2) is 11.6 Å². The van der Waals surface area contributed by atoms with Crippen LogP contribution in [0.4, 0.5) is 8.78 Å². The first-order valence-corrected chi connectivity index (χ1v) is 13.1. The first-order valence-electron chi connectivity index (χ1n) is 13.1. The molecule has 2 aliphatic rings. The summed E-state index contributed by atoms with van der Waals surface area (Å²) in [5, 5.41) is 0. The highest BCUT2D eigenvalue weighted by Crippen LogP contribution is 2.48. The molecule has 2 aromatic carbocycles. The summed E-state index contributed by atoms with van der Waals surface area (Å²) in [5.41, 5.74) is 0.800. The third kappa shape index (κ3) is 6.43. The van der Waals surface area contributed by atoms with Crippen molar-refractivity contribution in [1.82, 2.24) is 0 Å². The van der Waals surface area contributed by atoms with Gasteiger partial charge in [-0.2, -0.15) is 0 Å². The van der Waals surface area contributed by atoms with Crippen LogP contribution in [0.3, 0.4) is 0 Å². The molecule has 0 aliphatic heterocycles. The standard InChI is InChI=1S/C31H36F2O3/c1-3-5-6-7-21-8-9-23-18-24(11-10-22(23)17-21)27-14-12-25(19-28(27)32)31(34)36-26-13-15-30(29(33)20-26)35-16-4-2/h3-5,12-15,19-24H,2,6-11,16-18H2,1H3/b5-3+. The smallest absolute Gasteiger partial charge is 0.343 e. The number of carbonyl (C=O) groups is 1. The van der Waals surface area contributed by atoms with Crippen LogP contribution in [-0.2, 0) is 0 Å². The van der Waals surface area contributed by atoms with E-state index in [1.54, 1.807) is 12.1 Å². The number of halogens is 2. The second-order valence-electron chi connectivity index (χ2n) is 10.2. The molecule has 0 bridgehead atoms. The predicted octanol–water partition coefficient (Wildman–Crippen LogP) is 8.41. The minimum Gasteiger partial charge on any atom is -0.486 e. The molecule has 0 aromatic heterocycles. The van der Waals surface area contributed by atoms with Crippen molar-refractivity contribution in [2.24, 2.45) is 17.8 Å². The van der Waals surface area contributed by atoms with Crippen LogP contribution in [-0.4, -0.2) is 12.6 Å². The zero-order valence-electron chi connectivity index (χ0n) is 21.1. The van der Waals surface area contributed by atoms with Crippen LogP contribution in [0.2, 0.25) is 0 Å². The number of esters is 1. The van der Waals surface area contributed by atoms with Crippen molar-refractivity contribution in [2.75, 3.05) is 6.61 Å². The van der Waals surface area contributed by atoms with Gasteiger partial charge in [-0.1, -0.05) is 37.3 Å². The Balaban J connectivity index is 1.35. The van der Waals surface area contributed by atoms with Gasteiger partial charge >= 0.3 is 5.97 Å². The van der Waals surface area contributed by atoms with E-state index in [1.165, 1.54) is 56.4 Å². The number of fused-ring (bicyclic) bond motifs is 1. The monoisotopic (exact) mass is 494 g/mol. The molecule has 5 heteroatoms. The number of rotatable bonds is 9. The molecule has 2 aromatic rings. The SMILES string of the molecule is C=CCOc1ccc(OC(=O)c2ccc(C3CCC4CC(CC/C=C/C)CCC4C3)c(F)c2)cc1F. The van der Waals surface area contributed by atoms with Gasteiger partial charge in [0.1, 0.15) is 18.2 Å². The second kappa shape index (κ2) is 12.3. The van der Waals surface area contributed by atoms with Gasteiger partial charge in [-0.15, -0.1) is 0 Å². The number of benzene rings is 2. The molecule has 2 fully saturated rings. The van der Waals surface area contributed by atoms with E-state index in [4.69, 9.17) is 9.47 Å². The Labute approximate surface area is 213 Å². The number of carbonyl (C=O) groups excluding carboxylic acids is 1. The van der Waals surface area contributed by atoms with Crippen molar-refractivity contribution in [3.05, 3.63) is 84.0 Å². The average molecular weight is 495 g/mol. The van der Waals surface area contributed by atoms with Crippen LogP contribution < -0.4 is 9.47 Å². The quantitative estimate of drug-likeness (QED) is 0.199. The number of ether oxygens (including phenoxy) is 2. The molecule has 0 spiro atoms. The maximum Gasteiger partial charge on any atom is 0.343 e. The highest BCUT2D eigenvalue weighted by molar-refractivity contribution is 5.91. The molecular weight excluding hydrogens is 458 g/mol. The zero-order valence-corrected chi connectivity index (χ0v) is 21.1. The van der Waals surface area contributed by atoms with Crippen molar-refractivity contribution in [3.8, 4) is 11.5 Å². The summed E-state index contributed by atoms with van der Waals surface area (Å²) in [6.07, 6.45) is 15.3. The molecule has 0 N–H and O–H groups in total. The number of hydrogen-bond acceptors (Lipinski definition) is 3. The molecule has 0 heterocycles. The minimum absolute atomic E-state index is 0.0348. The lowest BCUT2D eigenvalue weighted by Gasteiger charge is -2.42. The van der Waals surface area contributed by atoms with E-state index in [2.05, 4.69) is 25.7 Å². The Morgan fingerprint density at radius 3 is 2.58 bits per heavy atom. The molecule has 4 unspecified atom stereocenters. The maximum atomic E-state index is 15.1. The summed E-state index contributed by atoms with van der Waals surface area (Å²) >= 11 is 0. The normalized spacial score (nSPS) is 23.8. The van der Waals surface area contributed by atoms with Crippen LogP contribution in [0, 0.1) is 29.4 Å². The van der Waals surface area contributed by atoms with Gasteiger partial charge in [0.05, 0.1) is 5.56 Å². The minimum atomic E-state index is -0.723. The third-order valence-electron chi connectivity index (χ3n) is 7.85. The summed E-state index contributed by atoms with van der Waals surface area (Å²) in [6, 6.07) is 8.50. The summed E-state index contributed by atoms with van der Waals surface area (Å²) < 4.78 is 39.7. The zero-order chi connectivity index (χ0) is 25.5. The van der Waals surface area contributed by atoms with E-state index in [-0.39, 0.29) is 35.4 Å². The van der Waals surface area contributed by atoms with Gasteiger partial charge in [0, 0.05) is 6.07 Å². The summed E-state index contributed by atoms with van der Waals surface area (Å²) in [5.74, 6) is 0.780. The van der Waals surface area contributed by atoms with Crippen LogP contribution in [0.1, 0.15) is 80.1 Å². The molecule has 3 nitrogen and oxygen atoms in total. The van der Waals surface area contributed by atoms with Gasteiger partial charge < -0.3 is 9.47 Å². The molecule has 4 rings (SSSR count). The van der Waals surface area contributed by atoms with Gasteiger partial charge in [0.25, 0.3) is 0 Å². The molecule has 0 saturated heterocycles. The van der Waals surface area contributed by atoms with Crippen molar-refractivity contribution in [1.29, 1.82) is 0 Å². The molecule has 36 heavy (non-hydrogen) atoms. The molecule has 2 aliphatic carbocycles. The van der Waals surface area contributed by atoms with Gasteiger partial charge in [0.2, 0.25) is 0 Å². The first kappa shape index (κ1) is 26.1. The van der Waals surface area contributed by atoms with Crippen molar-refractivity contribution in [3.63, 3.8) is 0 Å². The molecule has 0 radical (unpaired) electrons. The topological polar surface area (TPSA) is 35.5 Å². The van der Waals surface area contributed by atoms with E-state index in [0.717, 1.165) is 37.2 Å². The largest absolute Gasteiger partial charge is 0.486 e. The molecule has 2 saturated carbocycles. The van der Waals surface area contributed by atoms with Gasteiger partial charge in [-0.25, -0.2) is 13.6 Å². The van der Waals surface area contributed by atoms with Crippen LogP contribution in [0.5, 0.6) is 11.5 Å². The highest BCUT2D eigenvalue weighted by Gasteiger charge is 2.36. The Kier molecular flexibility index (Phi) is 8.95. The summed E-state index contributed by atoms with van der Waals surface area (Å²) in [7, 11) is 0. The Morgan fingerprint density at radius 2 is 1.83 bits per heavy atom. The second-order valence-corrected chi connectivity index (χ2v) is 10.2. The molecule has 192 valence electrons. The van der Waals surface area contributed by atoms with E-state index in [0.29, 0.717) is 11.5 Å². The van der Waals surface area contributed by atoms with Crippen molar-refractivity contribution in [2.45, 2.75) is 64.2 Å². The molecule has 0 amide bonds. The van der Waals surface area contributed by atoms with Gasteiger partial charge in [-0.05, 0) is 105 Å². The molecular formula is C31H36F2O3. The van der Waals surface area contributed by atoms with Crippen LogP contribution in [0.15, 0.2) is 61.2 Å². The van der Waals surface area contributed by atoms with E-state index in [1.807, 2.05) is 0 Å². The van der Waals surface area contributed by atoms with Gasteiger partial charge in [-0.3, -0.25) is 0 Å². The Hall–Kier alpha value is -2.95. The average Bonchev–Trinajstić information content (AvgIpc) is 2.88. The van der Waals surface area contributed by atoms with E-state index in [9.17, 15) is 9.18 Å². The first-order chi connectivity index (χ1) is 17.5. The third-order valence-corrected chi connectivity index (χ3v) is 7.85. The fraction of sp³-hybridized carbons (Fsp3) is 0.452. The van der Waals surface area contributed by atoms with Crippen molar-refractivity contribution < 1.29 is 23.0 Å². The van der Waals surface area contributed by atoms with Crippen LogP contribution in [0.25, 0.3) is 0 Å². The van der Waals surface area contributed by atoms with E-state index < -0.39 is 11.8 Å². The highest BCUT2D eigenvalue weighted by atomic mass is 19.1. The summed E-state index contributed by atoms with van der Waals surface area (Å²) in [6.45, 7) is 5.77. The Morgan fingerprint density at radius 1 is 1.03 bits per heavy atom.